The van der Waals surface area contributed by atoms with Crippen molar-refractivity contribution in [3.05, 3.63) is 63.2 Å². The fraction of sp³-hybridized carbons (Fsp3) is 0.567. The van der Waals surface area contributed by atoms with E-state index in [9.17, 15) is 4.79 Å². The summed E-state index contributed by atoms with van der Waals surface area (Å²) in [4.78, 5) is 12.4. The number of nitrogens with two attached hydrogens (primary N) is 1. The molecule has 3 nitrogen and oxygen atoms in total. The molecule has 1 unspecified atom stereocenters. The molecule has 2 aromatic rings. The number of benzene rings is 2. The van der Waals surface area contributed by atoms with Gasteiger partial charge in [0.05, 0.1) is 5.69 Å². The molecule has 188 valence electrons. The predicted molar refractivity (Wildman–Crippen MR) is 155 cm³/mol. The number of rotatable bonds is 18. The molecule has 0 aromatic heterocycles. The molecule has 2 aromatic carbocycles. The molecule has 0 aliphatic carbocycles. The summed E-state index contributed by atoms with van der Waals surface area (Å²) in [6.45, 7) is 2.27. The van der Waals surface area contributed by atoms with Gasteiger partial charge < -0.3 is 11.1 Å². The highest BCUT2D eigenvalue weighted by atomic mass is 127. The zero-order chi connectivity index (χ0) is 24.4. The van der Waals surface area contributed by atoms with Crippen molar-refractivity contribution in [2.24, 2.45) is 5.73 Å². The Balaban J connectivity index is 1.54. The van der Waals surface area contributed by atoms with E-state index >= 15 is 0 Å². The number of anilines is 1. The van der Waals surface area contributed by atoms with Crippen LogP contribution in [0.5, 0.6) is 0 Å². The quantitative estimate of drug-likeness (QED) is 0.138. The van der Waals surface area contributed by atoms with Crippen LogP contribution in [0.2, 0.25) is 0 Å². The molecule has 34 heavy (non-hydrogen) atoms. The van der Waals surface area contributed by atoms with Gasteiger partial charge in [0.25, 0.3) is 0 Å². The highest BCUT2D eigenvalue weighted by molar-refractivity contribution is 14.1. The maximum absolute atomic E-state index is 12.4. The monoisotopic (exact) mass is 576 g/mol. The third kappa shape index (κ3) is 12.3. The average Bonchev–Trinajstić information content (AvgIpc) is 2.84. The van der Waals surface area contributed by atoms with Crippen LogP contribution in [0.3, 0.4) is 0 Å². The van der Waals surface area contributed by atoms with Crippen molar-refractivity contribution in [3.8, 4) is 0 Å². The van der Waals surface area contributed by atoms with E-state index in [0.717, 1.165) is 34.1 Å². The first-order valence-corrected chi connectivity index (χ1v) is 14.6. The molecule has 0 radical (unpaired) electrons. The second-order valence-corrected chi connectivity index (χ2v) is 10.7. The Morgan fingerprint density at radius 2 is 1.38 bits per heavy atom. The minimum atomic E-state index is -0.0204. The summed E-state index contributed by atoms with van der Waals surface area (Å²) in [5.41, 5.74) is 9.60. The molecule has 0 bridgehead atoms. The van der Waals surface area contributed by atoms with Gasteiger partial charge in [-0.15, -0.1) is 0 Å². The molecule has 0 saturated carbocycles. The van der Waals surface area contributed by atoms with Crippen molar-refractivity contribution in [1.29, 1.82) is 0 Å². The predicted octanol–water partition coefficient (Wildman–Crippen LogP) is 8.95. The molecule has 0 aliphatic rings. The Bertz CT molecular complexity index is 809. The first-order valence-electron chi connectivity index (χ1n) is 13.5. The standard InChI is InChI=1S/C30H45IN2O/c1-2-3-4-5-6-7-8-9-10-11-12-13-17-20-30(34)33-29-22-21-25(23-27(29)31)24-28(32)26-18-15-14-16-19-26/h14-16,18-19,21-23,28H,2-13,17,20,24,32H2,1H3,(H,33,34). The maximum atomic E-state index is 12.4. The number of unbranched alkanes of at least 4 members (excludes halogenated alkanes) is 12. The van der Waals surface area contributed by atoms with Gasteiger partial charge in [0, 0.05) is 16.0 Å². The van der Waals surface area contributed by atoms with Gasteiger partial charge in [0.15, 0.2) is 0 Å². The van der Waals surface area contributed by atoms with Gasteiger partial charge in [-0.05, 0) is 58.7 Å². The lowest BCUT2D eigenvalue weighted by Gasteiger charge is -2.14. The summed E-state index contributed by atoms with van der Waals surface area (Å²) in [7, 11) is 0. The molecule has 4 heteroatoms. The van der Waals surface area contributed by atoms with Gasteiger partial charge in [-0.25, -0.2) is 0 Å². The molecule has 0 aliphatic heterocycles. The number of halogens is 1. The molecular weight excluding hydrogens is 531 g/mol. The number of nitrogens with one attached hydrogen (secondary N) is 1. The van der Waals surface area contributed by atoms with Crippen LogP contribution in [0.4, 0.5) is 5.69 Å². The highest BCUT2D eigenvalue weighted by Crippen LogP contribution is 2.23. The number of carbonyl (C=O) groups is 1. The van der Waals surface area contributed by atoms with Crippen molar-refractivity contribution in [3.63, 3.8) is 0 Å². The summed E-state index contributed by atoms with van der Waals surface area (Å²) in [6.07, 6.45) is 18.6. The number of hydrogen-bond donors (Lipinski definition) is 2. The molecule has 0 saturated heterocycles. The fourth-order valence-corrected chi connectivity index (χ4v) is 5.09. The van der Waals surface area contributed by atoms with E-state index in [0.29, 0.717) is 6.42 Å². The summed E-state index contributed by atoms with van der Waals surface area (Å²) < 4.78 is 1.06. The van der Waals surface area contributed by atoms with E-state index < -0.39 is 0 Å². The van der Waals surface area contributed by atoms with E-state index in [1.165, 1.54) is 76.2 Å². The Morgan fingerprint density at radius 3 is 1.94 bits per heavy atom. The van der Waals surface area contributed by atoms with Gasteiger partial charge in [-0.1, -0.05) is 120 Å². The summed E-state index contributed by atoms with van der Waals surface area (Å²) in [6, 6.07) is 16.4. The van der Waals surface area contributed by atoms with Crippen molar-refractivity contribution in [2.75, 3.05) is 5.32 Å². The smallest absolute Gasteiger partial charge is 0.224 e. The van der Waals surface area contributed by atoms with E-state index in [1.54, 1.807) is 0 Å². The summed E-state index contributed by atoms with van der Waals surface area (Å²) >= 11 is 2.30. The zero-order valence-corrected chi connectivity index (χ0v) is 23.3. The molecule has 0 spiro atoms. The van der Waals surface area contributed by atoms with Gasteiger partial charge >= 0.3 is 0 Å². The van der Waals surface area contributed by atoms with E-state index in [4.69, 9.17) is 5.73 Å². The highest BCUT2D eigenvalue weighted by Gasteiger charge is 2.10. The number of amides is 1. The molecule has 0 heterocycles. The first kappa shape index (κ1) is 28.8. The summed E-state index contributed by atoms with van der Waals surface area (Å²) in [5.74, 6) is 0.120. The Hall–Kier alpha value is -1.40. The lowest BCUT2D eigenvalue weighted by atomic mass is 9.99. The molecule has 1 amide bonds. The van der Waals surface area contributed by atoms with Crippen LogP contribution >= 0.6 is 22.6 Å². The third-order valence-corrected chi connectivity index (χ3v) is 7.39. The third-order valence-electron chi connectivity index (χ3n) is 6.50. The minimum Gasteiger partial charge on any atom is -0.325 e. The molecule has 0 fully saturated rings. The lowest BCUT2D eigenvalue weighted by molar-refractivity contribution is -0.116. The molecule has 2 rings (SSSR count). The fourth-order valence-electron chi connectivity index (χ4n) is 4.38. The van der Waals surface area contributed by atoms with Crippen LogP contribution in [0.25, 0.3) is 0 Å². The van der Waals surface area contributed by atoms with Crippen LogP contribution in [0, 0.1) is 3.57 Å². The topological polar surface area (TPSA) is 55.1 Å². The lowest BCUT2D eigenvalue weighted by Crippen LogP contribution is -2.14. The Kier molecular flexibility index (Phi) is 15.2. The van der Waals surface area contributed by atoms with Crippen LogP contribution < -0.4 is 11.1 Å². The van der Waals surface area contributed by atoms with Crippen molar-refractivity contribution < 1.29 is 4.79 Å². The van der Waals surface area contributed by atoms with Crippen molar-refractivity contribution in [1.82, 2.24) is 0 Å². The maximum Gasteiger partial charge on any atom is 0.224 e. The SMILES string of the molecule is CCCCCCCCCCCCCCCC(=O)Nc1ccc(CC(N)c2ccccc2)cc1I. The number of hydrogen-bond acceptors (Lipinski definition) is 2. The molecule has 3 N–H and O–H groups in total. The van der Waals surface area contributed by atoms with Crippen LogP contribution in [0.15, 0.2) is 48.5 Å². The van der Waals surface area contributed by atoms with Gasteiger partial charge in [0.1, 0.15) is 0 Å². The normalized spacial score (nSPS) is 12.0. The van der Waals surface area contributed by atoms with E-state index in [2.05, 4.69) is 59.1 Å². The van der Waals surface area contributed by atoms with Crippen molar-refractivity contribution in [2.45, 2.75) is 109 Å². The van der Waals surface area contributed by atoms with Gasteiger partial charge in [-0.2, -0.15) is 0 Å². The molecule has 1 atom stereocenters. The van der Waals surface area contributed by atoms with Gasteiger partial charge in [0.2, 0.25) is 5.91 Å². The average molecular weight is 577 g/mol. The van der Waals surface area contributed by atoms with E-state index in [1.807, 2.05) is 24.3 Å². The zero-order valence-electron chi connectivity index (χ0n) is 21.2. The largest absolute Gasteiger partial charge is 0.325 e. The minimum absolute atomic E-state index is 0.0204. The van der Waals surface area contributed by atoms with E-state index in [-0.39, 0.29) is 11.9 Å². The van der Waals surface area contributed by atoms with Gasteiger partial charge in [-0.3, -0.25) is 4.79 Å². The summed E-state index contributed by atoms with van der Waals surface area (Å²) in [5, 5.41) is 3.09. The van der Waals surface area contributed by atoms with Crippen molar-refractivity contribution >= 4 is 34.2 Å². The Labute approximate surface area is 221 Å². The second kappa shape index (κ2) is 18.0. The molecular formula is C30H45IN2O. The first-order chi connectivity index (χ1) is 16.6. The Morgan fingerprint density at radius 1 is 0.824 bits per heavy atom. The number of carbonyl (C=O) groups excluding carboxylic acids is 1. The van der Waals surface area contributed by atoms with Crippen LogP contribution in [-0.2, 0) is 11.2 Å². The second-order valence-electron chi connectivity index (χ2n) is 9.58. The van der Waals surface area contributed by atoms with Crippen LogP contribution in [0.1, 0.15) is 114 Å². The van der Waals surface area contributed by atoms with Crippen LogP contribution in [-0.4, -0.2) is 5.91 Å².